The largest absolute Gasteiger partial charge is 0.466 e. The minimum Gasteiger partial charge on any atom is -0.466 e. The summed E-state index contributed by atoms with van der Waals surface area (Å²) in [6.07, 6.45) is 1.33. The van der Waals surface area contributed by atoms with Crippen LogP contribution in [0.25, 0.3) is 0 Å². The van der Waals surface area contributed by atoms with Gasteiger partial charge in [-0.2, -0.15) is 0 Å². The molecule has 2 atom stereocenters. The molecule has 1 amide bonds. The number of halogens is 1. The summed E-state index contributed by atoms with van der Waals surface area (Å²) >= 11 is 0. The maximum absolute atomic E-state index is 14.2. The number of esters is 1. The van der Waals surface area contributed by atoms with Crippen LogP contribution in [-0.2, 0) is 19.6 Å². The SMILES string of the molecule is CCOC(=O)C1CCCN(c2ccc(NC(=O)c3ccccc3F)cc2S(=O)(=O)NC(C)c2ccccc2)C1. The number of piperidine rings is 1. The summed E-state index contributed by atoms with van der Waals surface area (Å²) in [7, 11) is -4.10. The number of hydrogen-bond acceptors (Lipinski definition) is 6. The number of nitrogens with zero attached hydrogens (tertiary/aromatic N) is 1. The predicted octanol–water partition coefficient (Wildman–Crippen LogP) is 4.90. The van der Waals surface area contributed by atoms with Gasteiger partial charge in [-0.1, -0.05) is 42.5 Å². The highest BCUT2D eigenvalue weighted by Crippen LogP contribution is 2.33. The number of sulfonamides is 1. The minimum atomic E-state index is -4.10. The second kappa shape index (κ2) is 12.4. The van der Waals surface area contributed by atoms with E-state index in [1.807, 2.05) is 35.2 Å². The molecule has 0 saturated carbocycles. The molecular formula is C29H32FN3O5S. The molecular weight excluding hydrogens is 521 g/mol. The van der Waals surface area contributed by atoms with Crippen LogP contribution in [0.1, 0.15) is 48.7 Å². The third-order valence-corrected chi connectivity index (χ3v) is 8.21. The number of ether oxygens (including phenoxy) is 1. The van der Waals surface area contributed by atoms with Gasteiger partial charge in [-0.25, -0.2) is 17.5 Å². The van der Waals surface area contributed by atoms with Crippen LogP contribution in [-0.4, -0.2) is 40.0 Å². The van der Waals surface area contributed by atoms with Crippen molar-refractivity contribution < 1.29 is 27.1 Å². The second-order valence-corrected chi connectivity index (χ2v) is 11.1. The number of hydrogen-bond donors (Lipinski definition) is 2. The number of amides is 1. The molecule has 10 heteroatoms. The van der Waals surface area contributed by atoms with E-state index in [0.717, 1.165) is 5.56 Å². The average Bonchev–Trinajstić information content (AvgIpc) is 2.93. The Labute approximate surface area is 228 Å². The van der Waals surface area contributed by atoms with Crippen molar-refractivity contribution in [2.75, 3.05) is 29.9 Å². The molecule has 0 bridgehead atoms. The summed E-state index contributed by atoms with van der Waals surface area (Å²) < 4.78 is 49.6. The molecule has 1 aliphatic heterocycles. The molecule has 1 fully saturated rings. The van der Waals surface area contributed by atoms with Gasteiger partial charge in [0.1, 0.15) is 10.7 Å². The normalized spacial score (nSPS) is 16.4. The van der Waals surface area contributed by atoms with Gasteiger partial charge in [0.2, 0.25) is 10.0 Å². The van der Waals surface area contributed by atoms with E-state index in [1.165, 1.54) is 24.3 Å². The third-order valence-electron chi connectivity index (χ3n) is 6.64. The number of carbonyl (C=O) groups is 2. The Balaban J connectivity index is 1.69. The Morgan fingerprint density at radius 2 is 1.79 bits per heavy atom. The molecule has 2 unspecified atom stereocenters. The molecule has 1 aliphatic rings. The standard InChI is InChI=1S/C29H32FN3O5S/c1-3-38-29(35)22-12-9-17-33(19-22)26-16-15-23(31-28(34)24-13-7-8-14-25(24)30)18-27(26)39(36,37)32-20(2)21-10-5-4-6-11-21/h4-8,10-11,13-16,18,20,22,32H,3,9,12,17,19H2,1-2H3,(H,31,34). The number of benzene rings is 3. The van der Waals surface area contributed by atoms with Crippen LogP contribution in [0.3, 0.4) is 0 Å². The van der Waals surface area contributed by atoms with E-state index in [0.29, 0.717) is 31.6 Å². The van der Waals surface area contributed by atoms with Crippen molar-refractivity contribution in [2.45, 2.75) is 37.6 Å². The molecule has 4 rings (SSSR count). The minimum absolute atomic E-state index is 0.0545. The van der Waals surface area contributed by atoms with Gasteiger partial charge in [-0.3, -0.25) is 9.59 Å². The van der Waals surface area contributed by atoms with Crippen molar-refractivity contribution in [1.29, 1.82) is 0 Å². The Kier molecular flexibility index (Phi) is 8.98. The molecule has 3 aromatic rings. The fraction of sp³-hybridized carbons (Fsp3) is 0.310. The van der Waals surface area contributed by atoms with Crippen LogP contribution in [0.2, 0.25) is 0 Å². The first-order valence-electron chi connectivity index (χ1n) is 12.9. The topological polar surface area (TPSA) is 105 Å². The van der Waals surface area contributed by atoms with E-state index in [2.05, 4.69) is 10.0 Å². The zero-order valence-electron chi connectivity index (χ0n) is 21.9. The molecule has 3 aromatic carbocycles. The third kappa shape index (κ3) is 6.82. The Morgan fingerprint density at radius 3 is 2.51 bits per heavy atom. The van der Waals surface area contributed by atoms with Gasteiger partial charge in [-0.15, -0.1) is 0 Å². The van der Waals surface area contributed by atoms with Crippen molar-refractivity contribution in [3.8, 4) is 0 Å². The van der Waals surface area contributed by atoms with Gasteiger partial charge in [0, 0.05) is 24.8 Å². The number of anilines is 2. The quantitative estimate of drug-likeness (QED) is 0.366. The van der Waals surface area contributed by atoms with Crippen molar-refractivity contribution in [2.24, 2.45) is 5.92 Å². The van der Waals surface area contributed by atoms with Gasteiger partial charge < -0.3 is 15.0 Å². The zero-order chi connectivity index (χ0) is 28.0. The lowest BCUT2D eigenvalue weighted by Crippen LogP contribution is -2.40. The van der Waals surface area contributed by atoms with Gasteiger partial charge in [-0.05, 0) is 62.6 Å². The summed E-state index contributed by atoms with van der Waals surface area (Å²) in [6.45, 7) is 4.61. The second-order valence-electron chi connectivity index (χ2n) is 9.41. The average molecular weight is 554 g/mol. The molecule has 206 valence electrons. The Hall–Kier alpha value is -3.76. The van der Waals surface area contributed by atoms with Crippen molar-refractivity contribution in [1.82, 2.24) is 4.72 Å². The maximum Gasteiger partial charge on any atom is 0.310 e. The van der Waals surface area contributed by atoms with Gasteiger partial charge >= 0.3 is 5.97 Å². The molecule has 0 spiro atoms. The lowest BCUT2D eigenvalue weighted by Gasteiger charge is -2.34. The van der Waals surface area contributed by atoms with E-state index >= 15 is 0 Å². The van der Waals surface area contributed by atoms with E-state index in [-0.39, 0.29) is 34.6 Å². The van der Waals surface area contributed by atoms with Gasteiger partial charge in [0.25, 0.3) is 5.91 Å². The molecule has 1 heterocycles. The summed E-state index contributed by atoms with van der Waals surface area (Å²) in [4.78, 5) is 27.0. The van der Waals surface area contributed by atoms with E-state index < -0.39 is 27.8 Å². The van der Waals surface area contributed by atoms with E-state index in [1.54, 1.807) is 32.0 Å². The first-order chi connectivity index (χ1) is 18.7. The van der Waals surface area contributed by atoms with Crippen molar-refractivity contribution in [3.05, 3.63) is 89.7 Å². The summed E-state index contributed by atoms with van der Waals surface area (Å²) in [5.41, 5.74) is 1.22. The fourth-order valence-corrected chi connectivity index (χ4v) is 6.15. The lowest BCUT2D eigenvalue weighted by atomic mass is 9.97. The summed E-state index contributed by atoms with van der Waals surface area (Å²) in [6, 6.07) is 18.7. The van der Waals surface area contributed by atoms with Crippen LogP contribution >= 0.6 is 0 Å². The zero-order valence-corrected chi connectivity index (χ0v) is 22.7. The highest BCUT2D eigenvalue weighted by Gasteiger charge is 2.31. The lowest BCUT2D eigenvalue weighted by molar-refractivity contribution is -0.148. The summed E-state index contributed by atoms with van der Waals surface area (Å²) in [5.74, 6) is -2.08. The maximum atomic E-state index is 14.2. The first-order valence-corrected chi connectivity index (χ1v) is 14.4. The van der Waals surface area contributed by atoms with Crippen LogP contribution in [0.5, 0.6) is 0 Å². The van der Waals surface area contributed by atoms with Gasteiger partial charge in [0.15, 0.2) is 0 Å². The molecule has 2 N–H and O–H groups in total. The van der Waals surface area contributed by atoms with Crippen molar-refractivity contribution in [3.63, 3.8) is 0 Å². The monoisotopic (exact) mass is 553 g/mol. The van der Waals surface area contributed by atoms with Crippen LogP contribution in [0.4, 0.5) is 15.8 Å². The van der Waals surface area contributed by atoms with Crippen LogP contribution < -0.4 is 14.9 Å². The van der Waals surface area contributed by atoms with E-state index in [9.17, 15) is 22.4 Å². The highest BCUT2D eigenvalue weighted by molar-refractivity contribution is 7.89. The molecule has 0 radical (unpaired) electrons. The van der Waals surface area contributed by atoms with Crippen LogP contribution in [0, 0.1) is 11.7 Å². The number of rotatable bonds is 9. The molecule has 0 aliphatic carbocycles. The Morgan fingerprint density at radius 1 is 1.08 bits per heavy atom. The molecule has 39 heavy (non-hydrogen) atoms. The number of nitrogens with one attached hydrogen (secondary N) is 2. The molecule has 8 nitrogen and oxygen atoms in total. The summed E-state index contributed by atoms with van der Waals surface area (Å²) in [5, 5.41) is 2.61. The molecule has 1 saturated heterocycles. The predicted molar refractivity (Wildman–Crippen MR) is 148 cm³/mol. The highest BCUT2D eigenvalue weighted by atomic mass is 32.2. The smallest absolute Gasteiger partial charge is 0.310 e. The first kappa shape index (κ1) is 28.3. The van der Waals surface area contributed by atoms with Crippen LogP contribution in [0.15, 0.2) is 77.7 Å². The number of carbonyl (C=O) groups excluding carboxylic acids is 2. The van der Waals surface area contributed by atoms with E-state index in [4.69, 9.17) is 4.74 Å². The fourth-order valence-electron chi connectivity index (χ4n) is 4.67. The molecule has 0 aromatic heterocycles. The van der Waals surface area contributed by atoms with Crippen molar-refractivity contribution >= 4 is 33.3 Å². The van der Waals surface area contributed by atoms with Gasteiger partial charge in [0.05, 0.1) is 23.8 Å². The Bertz CT molecular complexity index is 1430.